The predicted octanol–water partition coefficient (Wildman–Crippen LogP) is 0.146. The van der Waals surface area contributed by atoms with Crippen LogP contribution >= 0.6 is 23.2 Å². The van der Waals surface area contributed by atoms with Crippen LogP contribution in [0.15, 0.2) is 0 Å². The number of hydrogen-bond acceptors (Lipinski definition) is 2. The van der Waals surface area contributed by atoms with Crippen LogP contribution in [0.3, 0.4) is 0 Å². The molecule has 0 radical (unpaired) electrons. The van der Waals surface area contributed by atoms with Crippen molar-refractivity contribution >= 4 is 33.4 Å². The lowest BCUT2D eigenvalue weighted by Gasteiger charge is -2.11. The molecule has 0 aromatic carbocycles. The molecular formula is C5H12Cl2O2Si. The summed E-state index contributed by atoms with van der Waals surface area (Å²) < 4.78 is 10.3. The van der Waals surface area contributed by atoms with E-state index in [2.05, 4.69) is 0 Å². The van der Waals surface area contributed by atoms with E-state index < -0.39 is 0 Å². The molecular weight excluding hydrogens is 191 g/mol. The number of ether oxygens (including phenoxy) is 2. The molecule has 0 fully saturated rings. The van der Waals surface area contributed by atoms with Crippen LogP contribution in [0.1, 0.15) is 0 Å². The van der Waals surface area contributed by atoms with Gasteiger partial charge in [-0.15, -0.1) is 23.2 Å². The molecule has 0 aromatic rings. The van der Waals surface area contributed by atoms with E-state index in [0.717, 1.165) is 10.2 Å². The number of alkyl halides is 2. The van der Waals surface area contributed by atoms with Crippen LogP contribution in [-0.2, 0) is 9.47 Å². The second kappa shape index (κ2) is 7.82. The van der Waals surface area contributed by atoms with Gasteiger partial charge in [-0.3, -0.25) is 0 Å². The van der Waals surface area contributed by atoms with Crippen molar-refractivity contribution in [3.63, 3.8) is 0 Å². The van der Waals surface area contributed by atoms with Crippen molar-refractivity contribution in [3.8, 4) is 0 Å². The summed E-state index contributed by atoms with van der Waals surface area (Å²) in [5.74, 6) is 0.976. The van der Waals surface area contributed by atoms with Crippen LogP contribution in [-0.4, -0.2) is 41.1 Å². The van der Waals surface area contributed by atoms with Gasteiger partial charge in [0.05, 0.1) is 23.5 Å². The van der Waals surface area contributed by atoms with E-state index in [0.29, 0.717) is 25.0 Å². The molecule has 0 aliphatic carbocycles. The molecule has 0 aromatic heterocycles. The molecule has 0 bridgehead atoms. The minimum Gasteiger partial charge on any atom is -0.356 e. The summed E-state index contributed by atoms with van der Waals surface area (Å²) in [6, 6.07) is 0. The zero-order valence-corrected chi connectivity index (χ0v) is 9.49. The molecule has 2 nitrogen and oxygen atoms in total. The molecule has 0 aliphatic rings. The summed E-state index contributed by atoms with van der Waals surface area (Å²) in [7, 11) is 0.856. The van der Waals surface area contributed by atoms with Crippen molar-refractivity contribution in [3.05, 3.63) is 0 Å². The maximum Gasteiger partial charge on any atom is 0.131 e. The van der Waals surface area contributed by atoms with Crippen molar-refractivity contribution in [2.45, 2.75) is 5.91 Å². The normalized spacial score (nSPS) is 11.1. The molecule has 0 aliphatic heterocycles. The van der Waals surface area contributed by atoms with Gasteiger partial charge < -0.3 is 9.47 Å². The summed E-state index contributed by atoms with van der Waals surface area (Å²) in [6.07, 6.45) is 0. The van der Waals surface area contributed by atoms with Gasteiger partial charge in [0.2, 0.25) is 0 Å². The van der Waals surface area contributed by atoms with Gasteiger partial charge in [-0.1, -0.05) is 0 Å². The van der Waals surface area contributed by atoms with Gasteiger partial charge >= 0.3 is 0 Å². The first-order chi connectivity index (χ1) is 4.81. The molecule has 0 saturated heterocycles. The van der Waals surface area contributed by atoms with Gasteiger partial charge in [0.15, 0.2) is 0 Å². The standard InChI is InChI=1S/C5H12Cl2O2Si/c6-1-3-8-5(10)9-4-2-7/h5H,1-4H2,10H3. The molecule has 0 spiro atoms. The maximum absolute atomic E-state index is 5.39. The first kappa shape index (κ1) is 10.7. The Balaban J connectivity index is 3.00. The zero-order valence-electron chi connectivity index (χ0n) is 5.98. The molecule has 10 heavy (non-hydrogen) atoms. The minimum absolute atomic E-state index is 0.0579. The lowest BCUT2D eigenvalue weighted by Crippen LogP contribution is -2.19. The highest BCUT2D eigenvalue weighted by molar-refractivity contribution is 6.18. The van der Waals surface area contributed by atoms with Gasteiger partial charge in [0.25, 0.3) is 0 Å². The topological polar surface area (TPSA) is 18.5 Å². The van der Waals surface area contributed by atoms with Gasteiger partial charge in [-0.2, -0.15) is 0 Å². The van der Waals surface area contributed by atoms with Crippen LogP contribution in [0.4, 0.5) is 0 Å². The summed E-state index contributed by atoms with van der Waals surface area (Å²) >= 11 is 10.8. The molecule has 0 rings (SSSR count). The van der Waals surface area contributed by atoms with Gasteiger partial charge in [-0.25, -0.2) is 0 Å². The summed E-state index contributed by atoms with van der Waals surface area (Å²) in [4.78, 5) is 0. The Kier molecular flexibility index (Phi) is 8.38. The predicted molar refractivity (Wildman–Crippen MR) is 47.1 cm³/mol. The first-order valence-electron chi connectivity index (χ1n) is 3.16. The van der Waals surface area contributed by atoms with Crippen LogP contribution in [0.2, 0.25) is 0 Å². The summed E-state index contributed by atoms with van der Waals surface area (Å²) in [6.45, 7) is 1.11. The van der Waals surface area contributed by atoms with E-state index in [1.54, 1.807) is 0 Å². The Morgan fingerprint density at radius 1 is 1.10 bits per heavy atom. The quantitative estimate of drug-likeness (QED) is 0.347. The third-order valence-corrected chi connectivity index (χ3v) is 1.83. The Labute approximate surface area is 74.2 Å². The van der Waals surface area contributed by atoms with E-state index >= 15 is 0 Å². The highest BCUT2D eigenvalue weighted by Gasteiger charge is 1.98. The van der Waals surface area contributed by atoms with Crippen LogP contribution in [0, 0.1) is 0 Å². The third kappa shape index (κ3) is 6.83. The van der Waals surface area contributed by atoms with Crippen LogP contribution < -0.4 is 0 Å². The van der Waals surface area contributed by atoms with E-state index in [9.17, 15) is 0 Å². The van der Waals surface area contributed by atoms with Crippen LogP contribution in [0.25, 0.3) is 0 Å². The van der Waals surface area contributed by atoms with Crippen molar-refractivity contribution in [1.82, 2.24) is 0 Å². The Bertz CT molecular complexity index is 66.7. The molecule has 0 amide bonds. The van der Waals surface area contributed by atoms with Gasteiger partial charge in [0.1, 0.15) is 5.91 Å². The van der Waals surface area contributed by atoms with Crippen molar-refractivity contribution in [2.24, 2.45) is 0 Å². The number of halogens is 2. The maximum atomic E-state index is 5.39. The van der Waals surface area contributed by atoms with Crippen molar-refractivity contribution in [2.75, 3.05) is 25.0 Å². The third-order valence-electron chi connectivity index (χ3n) is 0.859. The SMILES string of the molecule is [SiH3]C(OCCCl)OCCCl. The first-order valence-corrected chi connectivity index (χ1v) is 5.38. The summed E-state index contributed by atoms with van der Waals surface area (Å²) in [5, 5.41) is 0. The molecule has 0 unspecified atom stereocenters. The second-order valence-electron chi connectivity index (χ2n) is 1.69. The smallest absolute Gasteiger partial charge is 0.131 e. The van der Waals surface area contributed by atoms with Crippen molar-refractivity contribution in [1.29, 1.82) is 0 Å². The Hall–Kier alpha value is 0.717. The fraction of sp³-hybridized carbons (Fsp3) is 1.00. The molecule has 0 atom stereocenters. The molecule has 62 valence electrons. The molecule has 0 N–H and O–H groups in total. The molecule has 0 saturated carbocycles. The largest absolute Gasteiger partial charge is 0.356 e. The van der Waals surface area contributed by atoms with E-state index in [1.165, 1.54) is 0 Å². The van der Waals surface area contributed by atoms with E-state index in [-0.39, 0.29) is 5.91 Å². The highest BCUT2D eigenvalue weighted by Crippen LogP contribution is 1.90. The zero-order chi connectivity index (χ0) is 7.82. The summed E-state index contributed by atoms with van der Waals surface area (Å²) in [5.41, 5.74) is 0. The molecule has 5 heteroatoms. The lowest BCUT2D eigenvalue weighted by molar-refractivity contribution is -0.0788. The van der Waals surface area contributed by atoms with Gasteiger partial charge in [-0.05, 0) is 0 Å². The lowest BCUT2D eigenvalue weighted by atomic mass is 10.8. The molecule has 0 heterocycles. The average Bonchev–Trinajstić information content (AvgIpc) is 1.97. The van der Waals surface area contributed by atoms with Crippen molar-refractivity contribution < 1.29 is 9.47 Å². The number of hydrogen-bond donors (Lipinski definition) is 0. The van der Waals surface area contributed by atoms with Gasteiger partial charge in [0, 0.05) is 11.8 Å². The van der Waals surface area contributed by atoms with E-state index in [1.807, 2.05) is 0 Å². The minimum atomic E-state index is -0.0579. The Morgan fingerprint density at radius 3 is 1.80 bits per heavy atom. The monoisotopic (exact) mass is 202 g/mol. The average molecular weight is 203 g/mol. The Morgan fingerprint density at radius 2 is 1.50 bits per heavy atom. The highest BCUT2D eigenvalue weighted by atomic mass is 35.5. The fourth-order valence-electron chi connectivity index (χ4n) is 0.469. The van der Waals surface area contributed by atoms with Crippen LogP contribution in [0.5, 0.6) is 0 Å². The number of rotatable bonds is 6. The van der Waals surface area contributed by atoms with E-state index in [4.69, 9.17) is 32.7 Å². The fourth-order valence-corrected chi connectivity index (χ4v) is 1.12. The second-order valence-corrected chi connectivity index (χ2v) is 3.39.